The minimum absolute atomic E-state index is 0.181. The summed E-state index contributed by atoms with van der Waals surface area (Å²) in [5, 5.41) is 5.62. The van der Waals surface area contributed by atoms with Crippen LogP contribution in [-0.4, -0.2) is 73.1 Å². The van der Waals surface area contributed by atoms with Gasteiger partial charge in [0.1, 0.15) is 12.1 Å². The maximum atomic E-state index is 12.9. The fourth-order valence-corrected chi connectivity index (χ4v) is 3.92. The van der Waals surface area contributed by atoms with Gasteiger partial charge in [-0.1, -0.05) is 44.2 Å². The molecule has 2 aliphatic heterocycles. The van der Waals surface area contributed by atoms with E-state index in [1.54, 1.807) is 19.1 Å². The third kappa shape index (κ3) is 4.59. The Balaban J connectivity index is 1.60. The van der Waals surface area contributed by atoms with Crippen molar-refractivity contribution >= 4 is 17.8 Å². The zero-order valence-corrected chi connectivity index (χ0v) is 17.3. The molecule has 1 aromatic rings. The van der Waals surface area contributed by atoms with Crippen LogP contribution in [0.15, 0.2) is 30.3 Å². The van der Waals surface area contributed by atoms with Crippen molar-refractivity contribution in [2.24, 2.45) is 5.92 Å². The molecule has 2 aliphatic rings. The van der Waals surface area contributed by atoms with Crippen molar-refractivity contribution in [2.45, 2.75) is 32.4 Å². The van der Waals surface area contributed by atoms with Gasteiger partial charge in [-0.2, -0.15) is 0 Å². The lowest BCUT2D eigenvalue weighted by molar-refractivity contribution is -0.134. The van der Waals surface area contributed by atoms with Crippen LogP contribution in [0.2, 0.25) is 0 Å². The van der Waals surface area contributed by atoms with E-state index < -0.39 is 17.5 Å². The van der Waals surface area contributed by atoms with Gasteiger partial charge in [-0.15, -0.1) is 0 Å². The first-order valence-corrected chi connectivity index (χ1v) is 10.1. The van der Waals surface area contributed by atoms with Gasteiger partial charge in [-0.3, -0.25) is 19.4 Å². The molecule has 0 aliphatic carbocycles. The van der Waals surface area contributed by atoms with Crippen LogP contribution in [-0.2, 0) is 19.9 Å². The SMILES string of the molecule is CC(C)C(CNC(=O)CN1C(=O)NC(C)(c2ccccc2)C1=O)N1CCOCC1. The van der Waals surface area contributed by atoms with Gasteiger partial charge in [0.25, 0.3) is 5.91 Å². The first kappa shape index (κ1) is 21.3. The molecule has 0 spiro atoms. The Labute approximate surface area is 171 Å². The highest BCUT2D eigenvalue weighted by atomic mass is 16.5. The predicted molar refractivity (Wildman–Crippen MR) is 108 cm³/mol. The van der Waals surface area contributed by atoms with Gasteiger partial charge in [0.15, 0.2) is 0 Å². The third-order valence-electron chi connectivity index (χ3n) is 5.72. The van der Waals surface area contributed by atoms with Gasteiger partial charge in [0.2, 0.25) is 5.91 Å². The highest BCUT2D eigenvalue weighted by Crippen LogP contribution is 2.28. The number of carbonyl (C=O) groups excluding carboxylic acids is 3. The quantitative estimate of drug-likeness (QED) is 0.662. The largest absolute Gasteiger partial charge is 0.379 e. The van der Waals surface area contributed by atoms with Crippen molar-refractivity contribution in [3.63, 3.8) is 0 Å². The van der Waals surface area contributed by atoms with Crippen molar-refractivity contribution in [1.29, 1.82) is 0 Å². The highest BCUT2D eigenvalue weighted by molar-refractivity contribution is 6.09. The second-order valence-electron chi connectivity index (χ2n) is 8.08. The lowest BCUT2D eigenvalue weighted by atomic mass is 9.92. The maximum absolute atomic E-state index is 12.9. The molecule has 2 heterocycles. The van der Waals surface area contributed by atoms with Crippen molar-refractivity contribution in [1.82, 2.24) is 20.4 Å². The number of morpholine rings is 1. The Morgan fingerprint density at radius 1 is 1.21 bits per heavy atom. The average Bonchev–Trinajstić information content (AvgIpc) is 2.93. The molecule has 0 radical (unpaired) electrons. The number of benzene rings is 1. The minimum Gasteiger partial charge on any atom is -0.379 e. The molecule has 158 valence electrons. The molecular formula is C21H30N4O4. The first-order chi connectivity index (χ1) is 13.8. The number of ether oxygens (including phenoxy) is 1. The van der Waals surface area contributed by atoms with Crippen LogP contribution in [0.3, 0.4) is 0 Å². The van der Waals surface area contributed by atoms with Gasteiger partial charge in [0, 0.05) is 25.7 Å². The Hall–Kier alpha value is -2.45. The van der Waals surface area contributed by atoms with Crippen LogP contribution >= 0.6 is 0 Å². The second kappa shape index (κ2) is 8.92. The lowest BCUT2D eigenvalue weighted by Gasteiger charge is -2.37. The summed E-state index contributed by atoms with van der Waals surface area (Å²) in [6.45, 7) is 9.13. The summed E-state index contributed by atoms with van der Waals surface area (Å²) >= 11 is 0. The number of nitrogens with one attached hydrogen (secondary N) is 2. The summed E-state index contributed by atoms with van der Waals surface area (Å²) < 4.78 is 5.41. The van der Waals surface area contributed by atoms with E-state index in [1.165, 1.54) is 0 Å². The van der Waals surface area contributed by atoms with E-state index in [0.717, 1.165) is 18.0 Å². The summed E-state index contributed by atoms with van der Waals surface area (Å²) in [5.74, 6) is -0.409. The topological polar surface area (TPSA) is 91.0 Å². The second-order valence-corrected chi connectivity index (χ2v) is 8.08. The van der Waals surface area contributed by atoms with Crippen LogP contribution in [0.25, 0.3) is 0 Å². The summed E-state index contributed by atoms with van der Waals surface area (Å²) in [6, 6.07) is 8.68. The fraction of sp³-hybridized carbons (Fsp3) is 0.571. The number of nitrogens with zero attached hydrogens (tertiary/aromatic N) is 2. The molecule has 2 atom stereocenters. The molecular weight excluding hydrogens is 372 g/mol. The highest BCUT2D eigenvalue weighted by Gasteiger charge is 2.49. The van der Waals surface area contributed by atoms with E-state index in [-0.39, 0.29) is 18.5 Å². The van der Waals surface area contributed by atoms with Crippen LogP contribution in [0.1, 0.15) is 26.3 Å². The number of rotatable bonds is 7. The van der Waals surface area contributed by atoms with E-state index in [9.17, 15) is 14.4 Å². The van der Waals surface area contributed by atoms with Gasteiger partial charge in [0.05, 0.1) is 13.2 Å². The Kier molecular flexibility index (Phi) is 6.54. The Morgan fingerprint density at radius 3 is 2.48 bits per heavy atom. The van der Waals surface area contributed by atoms with Gasteiger partial charge in [-0.25, -0.2) is 4.79 Å². The van der Waals surface area contributed by atoms with Crippen molar-refractivity contribution < 1.29 is 19.1 Å². The van der Waals surface area contributed by atoms with Gasteiger partial charge < -0.3 is 15.4 Å². The third-order valence-corrected chi connectivity index (χ3v) is 5.72. The molecule has 1 aromatic carbocycles. The molecule has 4 amide bonds. The molecule has 0 bridgehead atoms. The Bertz CT molecular complexity index is 748. The normalized spacial score (nSPS) is 23.9. The number of carbonyl (C=O) groups is 3. The standard InChI is InChI=1S/C21H30N4O4/c1-15(2)17(24-9-11-29-12-10-24)13-22-18(26)14-25-19(27)21(3,23-20(25)28)16-7-5-4-6-8-16/h4-8,15,17H,9-14H2,1-3H3,(H,22,26)(H,23,28). The van der Waals surface area contributed by atoms with Crippen LogP contribution in [0, 0.1) is 5.92 Å². The molecule has 2 fully saturated rings. The molecule has 2 unspecified atom stereocenters. The average molecular weight is 402 g/mol. The summed E-state index contributed by atoms with van der Waals surface area (Å²) in [5.41, 5.74) is -0.471. The molecule has 3 rings (SSSR count). The zero-order chi connectivity index (χ0) is 21.0. The zero-order valence-electron chi connectivity index (χ0n) is 17.3. The van der Waals surface area contributed by atoms with Crippen LogP contribution in [0.4, 0.5) is 4.79 Å². The van der Waals surface area contributed by atoms with E-state index in [0.29, 0.717) is 31.2 Å². The summed E-state index contributed by atoms with van der Waals surface area (Å²) in [4.78, 5) is 41.1. The monoisotopic (exact) mass is 402 g/mol. The molecule has 0 saturated carbocycles. The lowest BCUT2D eigenvalue weighted by Crippen LogP contribution is -2.52. The van der Waals surface area contributed by atoms with Crippen molar-refractivity contribution in [2.75, 3.05) is 39.4 Å². The smallest absolute Gasteiger partial charge is 0.325 e. The van der Waals surface area contributed by atoms with E-state index in [4.69, 9.17) is 4.74 Å². The molecule has 2 N–H and O–H groups in total. The van der Waals surface area contributed by atoms with Gasteiger partial charge in [-0.05, 0) is 18.4 Å². The Morgan fingerprint density at radius 2 is 1.86 bits per heavy atom. The molecule has 0 aromatic heterocycles. The number of urea groups is 1. The van der Waals surface area contributed by atoms with Gasteiger partial charge >= 0.3 is 6.03 Å². The van der Waals surface area contributed by atoms with Crippen molar-refractivity contribution in [3.8, 4) is 0 Å². The number of imide groups is 1. The predicted octanol–water partition coefficient (Wildman–Crippen LogP) is 0.927. The van der Waals surface area contributed by atoms with Crippen LogP contribution < -0.4 is 10.6 Å². The molecule has 2 saturated heterocycles. The number of hydrogen-bond acceptors (Lipinski definition) is 5. The first-order valence-electron chi connectivity index (χ1n) is 10.1. The minimum atomic E-state index is -1.16. The van der Waals surface area contributed by atoms with Crippen molar-refractivity contribution in [3.05, 3.63) is 35.9 Å². The maximum Gasteiger partial charge on any atom is 0.325 e. The number of amides is 4. The summed E-state index contributed by atoms with van der Waals surface area (Å²) in [7, 11) is 0. The van der Waals surface area contributed by atoms with Crippen LogP contribution in [0.5, 0.6) is 0 Å². The molecule has 8 heteroatoms. The fourth-order valence-electron chi connectivity index (χ4n) is 3.92. The molecule has 8 nitrogen and oxygen atoms in total. The summed E-state index contributed by atoms with van der Waals surface area (Å²) in [6.07, 6.45) is 0. The molecule has 29 heavy (non-hydrogen) atoms. The number of hydrogen-bond donors (Lipinski definition) is 2. The van der Waals surface area contributed by atoms with E-state index in [1.807, 2.05) is 18.2 Å². The van der Waals surface area contributed by atoms with E-state index >= 15 is 0 Å². The van der Waals surface area contributed by atoms with E-state index in [2.05, 4.69) is 29.4 Å².